The zero-order valence-electron chi connectivity index (χ0n) is 12.8. The Morgan fingerprint density at radius 1 is 1.25 bits per heavy atom. The third-order valence-electron chi connectivity index (χ3n) is 2.75. The fourth-order valence-corrected chi connectivity index (χ4v) is 1.63. The van der Waals surface area contributed by atoms with E-state index in [9.17, 15) is 4.79 Å². The van der Waals surface area contributed by atoms with Gasteiger partial charge in [0.1, 0.15) is 6.54 Å². The quantitative estimate of drug-likeness (QED) is 0.678. The van der Waals surface area contributed by atoms with Crippen molar-refractivity contribution in [1.29, 1.82) is 0 Å². The van der Waals surface area contributed by atoms with Gasteiger partial charge < -0.3 is 19.5 Å². The van der Waals surface area contributed by atoms with Crippen molar-refractivity contribution in [2.45, 2.75) is 33.2 Å². The summed E-state index contributed by atoms with van der Waals surface area (Å²) in [7, 11) is 3.47. The molecule has 1 N–H and O–H groups in total. The molecule has 1 rings (SSSR count). The summed E-state index contributed by atoms with van der Waals surface area (Å²) in [6, 6.07) is 0.412. The average molecular weight is 283 g/mol. The fourth-order valence-electron chi connectivity index (χ4n) is 1.63. The highest BCUT2D eigenvalue weighted by Gasteiger charge is 2.17. The largest absolute Gasteiger partial charge is 0.407 e. The van der Waals surface area contributed by atoms with Gasteiger partial charge in [-0.1, -0.05) is 18.9 Å². The SMILES string of the molecule is CCCNCc1nnc(N(CCC)CC(=O)N(C)C)o1. The van der Waals surface area contributed by atoms with Gasteiger partial charge in [-0.05, 0) is 19.4 Å². The summed E-state index contributed by atoms with van der Waals surface area (Å²) in [4.78, 5) is 15.2. The molecule has 0 aliphatic rings. The van der Waals surface area contributed by atoms with E-state index in [-0.39, 0.29) is 12.5 Å². The van der Waals surface area contributed by atoms with Crippen LogP contribution in [0, 0.1) is 0 Å². The molecule has 114 valence electrons. The maximum atomic E-state index is 11.8. The van der Waals surface area contributed by atoms with Gasteiger partial charge in [0.2, 0.25) is 11.8 Å². The van der Waals surface area contributed by atoms with Crippen molar-refractivity contribution in [1.82, 2.24) is 20.4 Å². The molecule has 7 nitrogen and oxygen atoms in total. The lowest BCUT2D eigenvalue weighted by Gasteiger charge is -2.20. The zero-order valence-corrected chi connectivity index (χ0v) is 12.8. The second kappa shape index (κ2) is 8.52. The molecule has 0 saturated heterocycles. The van der Waals surface area contributed by atoms with E-state index in [0.29, 0.717) is 25.0 Å². The van der Waals surface area contributed by atoms with Crippen LogP contribution in [0.15, 0.2) is 4.42 Å². The van der Waals surface area contributed by atoms with Crippen LogP contribution in [0.3, 0.4) is 0 Å². The van der Waals surface area contributed by atoms with Crippen molar-refractivity contribution in [3.8, 4) is 0 Å². The summed E-state index contributed by atoms with van der Waals surface area (Å²) >= 11 is 0. The van der Waals surface area contributed by atoms with Crippen LogP contribution in [-0.2, 0) is 11.3 Å². The van der Waals surface area contributed by atoms with Gasteiger partial charge in [-0.2, -0.15) is 0 Å². The normalized spacial score (nSPS) is 10.6. The average Bonchev–Trinajstić information content (AvgIpc) is 2.87. The number of likely N-dealkylation sites (N-methyl/N-ethyl adjacent to an activating group) is 1. The molecule has 1 heterocycles. The summed E-state index contributed by atoms with van der Waals surface area (Å²) in [6.45, 7) is 6.59. The molecule has 0 aliphatic heterocycles. The van der Waals surface area contributed by atoms with Crippen LogP contribution in [0.5, 0.6) is 0 Å². The molecule has 0 saturated carbocycles. The standard InChI is InChI=1S/C13H25N5O2/c1-5-7-14-9-11-15-16-13(20-11)18(8-6-2)10-12(19)17(3)4/h14H,5-10H2,1-4H3. The predicted octanol–water partition coefficient (Wildman–Crippen LogP) is 0.874. The van der Waals surface area contributed by atoms with Crippen molar-refractivity contribution >= 4 is 11.9 Å². The molecule has 1 aromatic heterocycles. The van der Waals surface area contributed by atoms with Crippen LogP contribution in [0.1, 0.15) is 32.6 Å². The Balaban J connectivity index is 2.64. The molecule has 1 amide bonds. The molecule has 0 unspecified atom stereocenters. The lowest BCUT2D eigenvalue weighted by atomic mass is 10.4. The fraction of sp³-hybridized carbons (Fsp3) is 0.769. The van der Waals surface area contributed by atoms with Crippen LogP contribution < -0.4 is 10.2 Å². The van der Waals surface area contributed by atoms with Crippen LogP contribution in [0.2, 0.25) is 0 Å². The van der Waals surface area contributed by atoms with Gasteiger partial charge in [-0.15, -0.1) is 5.10 Å². The number of carbonyl (C=O) groups excluding carboxylic acids is 1. The minimum atomic E-state index is 0.0160. The third kappa shape index (κ3) is 5.16. The Kier molecular flexibility index (Phi) is 7.00. The van der Waals surface area contributed by atoms with E-state index < -0.39 is 0 Å². The van der Waals surface area contributed by atoms with E-state index in [4.69, 9.17) is 4.42 Å². The third-order valence-corrected chi connectivity index (χ3v) is 2.75. The summed E-state index contributed by atoms with van der Waals surface area (Å²) < 4.78 is 5.60. The Morgan fingerprint density at radius 3 is 2.60 bits per heavy atom. The number of hydrogen-bond acceptors (Lipinski definition) is 6. The molecule has 0 bridgehead atoms. The predicted molar refractivity (Wildman–Crippen MR) is 77.5 cm³/mol. The molecular formula is C13H25N5O2. The van der Waals surface area contributed by atoms with E-state index in [1.54, 1.807) is 19.0 Å². The number of nitrogens with one attached hydrogen (secondary N) is 1. The van der Waals surface area contributed by atoms with Gasteiger partial charge in [0.05, 0.1) is 6.54 Å². The summed E-state index contributed by atoms with van der Waals surface area (Å²) in [6.07, 6.45) is 1.97. The molecule has 0 spiro atoms. The molecule has 20 heavy (non-hydrogen) atoms. The lowest BCUT2D eigenvalue weighted by molar-refractivity contribution is -0.127. The smallest absolute Gasteiger partial charge is 0.318 e. The Labute approximate surface area is 120 Å². The number of aromatic nitrogens is 2. The van der Waals surface area contributed by atoms with Crippen LogP contribution in [0.25, 0.3) is 0 Å². The van der Waals surface area contributed by atoms with Crippen LogP contribution >= 0.6 is 0 Å². The molecule has 0 radical (unpaired) electrons. The zero-order chi connectivity index (χ0) is 15.0. The summed E-state index contributed by atoms with van der Waals surface area (Å²) in [5.74, 6) is 0.564. The van der Waals surface area contributed by atoms with Gasteiger partial charge in [-0.25, -0.2) is 0 Å². The highest BCUT2D eigenvalue weighted by molar-refractivity contribution is 5.80. The van der Waals surface area contributed by atoms with Gasteiger partial charge in [-0.3, -0.25) is 4.79 Å². The van der Waals surface area contributed by atoms with Gasteiger partial charge in [0.15, 0.2) is 0 Å². The first-order valence-corrected chi connectivity index (χ1v) is 7.06. The molecule has 0 aliphatic carbocycles. The lowest BCUT2D eigenvalue weighted by Crippen LogP contribution is -2.37. The second-order valence-electron chi connectivity index (χ2n) is 4.86. The maximum absolute atomic E-state index is 11.8. The first-order chi connectivity index (χ1) is 9.58. The topological polar surface area (TPSA) is 74.5 Å². The Morgan fingerprint density at radius 2 is 2.00 bits per heavy atom. The molecule has 0 atom stereocenters. The van der Waals surface area contributed by atoms with E-state index >= 15 is 0 Å². The highest BCUT2D eigenvalue weighted by atomic mass is 16.4. The van der Waals surface area contributed by atoms with Crippen molar-refractivity contribution in [3.05, 3.63) is 5.89 Å². The number of nitrogens with zero attached hydrogens (tertiary/aromatic N) is 4. The molecule has 0 fully saturated rings. The van der Waals surface area contributed by atoms with Crippen molar-refractivity contribution in [3.63, 3.8) is 0 Å². The summed E-state index contributed by atoms with van der Waals surface area (Å²) in [5.41, 5.74) is 0. The number of amides is 1. The molecular weight excluding hydrogens is 258 g/mol. The second-order valence-corrected chi connectivity index (χ2v) is 4.86. The first kappa shape index (κ1) is 16.4. The van der Waals surface area contributed by atoms with Crippen molar-refractivity contribution < 1.29 is 9.21 Å². The number of carbonyl (C=O) groups is 1. The maximum Gasteiger partial charge on any atom is 0.318 e. The highest BCUT2D eigenvalue weighted by Crippen LogP contribution is 2.12. The Hall–Kier alpha value is -1.63. The number of rotatable bonds is 9. The minimum absolute atomic E-state index is 0.0160. The van der Waals surface area contributed by atoms with E-state index in [2.05, 4.69) is 22.4 Å². The first-order valence-electron chi connectivity index (χ1n) is 7.06. The monoisotopic (exact) mass is 283 g/mol. The summed E-state index contributed by atoms with van der Waals surface area (Å²) in [5, 5.41) is 11.2. The Bertz CT molecular complexity index is 405. The minimum Gasteiger partial charge on any atom is -0.407 e. The number of hydrogen-bond donors (Lipinski definition) is 1. The number of anilines is 1. The van der Waals surface area contributed by atoms with E-state index in [0.717, 1.165) is 19.4 Å². The molecule has 7 heteroatoms. The van der Waals surface area contributed by atoms with Crippen molar-refractivity contribution in [2.75, 3.05) is 38.6 Å². The van der Waals surface area contributed by atoms with E-state index in [1.807, 2.05) is 11.8 Å². The van der Waals surface area contributed by atoms with Gasteiger partial charge in [0.25, 0.3) is 0 Å². The van der Waals surface area contributed by atoms with Crippen LogP contribution in [0.4, 0.5) is 6.01 Å². The molecule has 0 aromatic carbocycles. The van der Waals surface area contributed by atoms with Gasteiger partial charge in [0, 0.05) is 20.6 Å². The van der Waals surface area contributed by atoms with Gasteiger partial charge >= 0.3 is 6.01 Å². The van der Waals surface area contributed by atoms with Crippen molar-refractivity contribution in [2.24, 2.45) is 0 Å². The van der Waals surface area contributed by atoms with Crippen LogP contribution in [-0.4, -0.2) is 54.7 Å². The van der Waals surface area contributed by atoms with E-state index in [1.165, 1.54) is 0 Å². The molecule has 1 aromatic rings.